The zero-order valence-electron chi connectivity index (χ0n) is 9.20. The minimum absolute atomic E-state index is 0.418. The predicted octanol–water partition coefficient (Wildman–Crippen LogP) is 3.32. The molecule has 0 aliphatic heterocycles. The second-order valence-electron chi connectivity index (χ2n) is 4.96. The molecule has 1 N–H and O–H groups in total. The molecular formula is C11H23N. The average Bonchev–Trinajstić information content (AvgIpc) is 1.80. The lowest BCUT2D eigenvalue weighted by Crippen LogP contribution is -2.22. The zero-order chi connectivity index (χ0) is 9.78. The number of hydrogen-bond acceptors (Lipinski definition) is 1. The van der Waals surface area contributed by atoms with Gasteiger partial charge in [-0.05, 0) is 32.1 Å². The van der Waals surface area contributed by atoms with Crippen molar-refractivity contribution in [3.8, 4) is 0 Å². The summed E-state index contributed by atoms with van der Waals surface area (Å²) in [4.78, 5) is 0. The average molecular weight is 169 g/mol. The fraction of sp³-hybridized carbons (Fsp3) is 0.818. The number of nitrogens with one attached hydrogen (secondary N) is 1. The van der Waals surface area contributed by atoms with Crippen molar-refractivity contribution in [3.05, 3.63) is 12.3 Å². The lowest BCUT2D eigenvalue weighted by Gasteiger charge is -2.20. The third kappa shape index (κ3) is 7.64. The van der Waals surface area contributed by atoms with Crippen molar-refractivity contribution in [2.75, 3.05) is 0 Å². The van der Waals surface area contributed by atoms with Crippen LogP contribution >= 0.6 is 0 Å². The molecule has 0 rings (SSSR count). The van der Waals surface area contributed by atoms with Gasteiger partial charge < -0.3 is 5.32 Å². The molecule has 0 aliphatic carbocycles. The lowest BCUT2D eigenvalue weighted by molar-refractivity contribution is 0.372. The van der Waals surface area contributed by atoms with Gasteiger partial charge in [0.15, 0.2) is 0 Å². The van der Waals surface area contributed by atoms with Crippen LogP contribution in [-0.2, 0) is 0 Å². The molecule has 0 spiro atoms. The molecule has 0 atom stereocenters. The summed E-state index contributed by atoms with van der Waals surface area (Å²) < 4.78 is 0. The van der Waals surface area contributed by atoms with Crippen LogP contribution in [-0.4, -0.2) is 6.04 Å². The molecule has 0 aromatic heterocycles. The highest BCUT2D eigenvalue weighted by atomic mass is 14.9. The van der Waals surface area contributed by atoms with Gasteiger partial charge in [-0.25, -0.2) is 0 Å². The van der Waals surface area contributed by atoms with Crippen LogP contribution in [0.3, 0.4) is 0 Å². The fourth-order valence-electron chi connectivity index (χ4n) is 1.01. The first-order valence-electron chi connectivity index (χ1n) is 4.75. The molecule has 0 aromatic carbocycles. The van der Waals surface area contributed by atoms with E-state index < -0.39 is 0 Å². The Labute approximate surface area is 77.2 Å². The minimum atomic E-state index is 0.418. The van der Waals surface area contributed by atoms with Crippen molar-refractivity contribution in [2.24, 2.45) is 5.41 Å². The highest BCUT2D eigenvalue weighted by molar-refractivity contribution is 4.93. The van der Waals surface area contributed by atoms with E-state index in [1.165, 1.54) is 12.1 Å². The largest absolute Gasteiger partial charge is 0.387 e. The molecule has 0 saturated carbocycles. The van der Waals surface area contributed by atoms with Crippen LogP contribution in [0.25, 0.3) is 0 Å². The Morgan fingerprint density at radius 3 is 2.17 bits per heavy atom. The maximum atomic E-state index is 3.99. The molecule has 0 aromatic rings. The number of rotatable bonds is 4. The van der Waals surface area contributed by atoms with Crippen molar-refractivity contribution >= 4 is 0 Å². The van der Waals surface area contributed by atoms with E-state index in [2.05, 4.69) is 46.5 Å². The van der Waals surface area contributed by atoms with E-state index in [4.69, 9.17) is 0 Å². The van der Waals surface area contributed by atoms with Crippen molar-refractivity contribution in [1.82, 2.24) is 5.32 Å². The summed E-state index contributed by atoms with van der Waals surface area (Å²) in [5.41, 5.74) is 1.58. The second kappa shape index (κ2) is 4.54. The van der Waals surface area contributed by atoms with Crippen LogP contribution < -0.4 is 5.32 Å². The summed E-state index contributed by atoms with van der Waals surface area (Å²) in [5.74, 6) is 0. The SMILES string of the molecule is C=C(CCC(C)(C)C)NC(C)C. The van der Waals surface area contributed by atoms with Crippen molar-refractivity contribution in [1.29, 1.82) is 0 Å². The lowest BCUT2D eigenvalue weighted by atomic mass is 9.90. The van der Waals surface area contributed by atoms with E-state index >= 15 is 0 Å². The molecule has 0 saturated heterocycles. The molecule has 0 amide bonds. The molecule has 1 heteroatoms. The van der Waals surface area contributed by atoms with Gasteiger partial charge in [0.25, 0.3) is 0 Å². The first-order chi connectivity index (χ1) is 5.31. The van der Waals surface area contributed by atoms with Gasteiger partial charge in [0, 0.05) is 11.7 Å². The smallest absolute Gasteiger partial charge is 0.0201 e. The number of hydrogen-bond donors (Lipinski definition) is 1. The molecule has 0 unspecified atom stereocenters. The van der Waals surface area contributed by atoms with Gasteiger partial charge in [0.2, 0.25) is 0 Å². The van der Waals surface area contributed by atoms with Gasteiger partial charge in [-0.3, -0.25) is 0 Å². The Morgan fingerprint density at radius 2 is 1.83 bits per heavy atom. The molecule has 0 bridgehead atoms. The van der Waals surface area contributed by atoms with Crippen molar-refractivity contribution < 1.29 is 0 Å². The highest BCUT2D eigenvalue weighted by Gasteiger charge is 2.10. The van der Waals surface area contributed by atoms with E-state index in [1.54, 1.807) is 0 Å². The van der Waals surface area contributed by atoms with Crippen LogP contribution in [0.15, 0.2) is 12.3 Å². The molecule has 0 fully saturated rings. The molecule has 12 heavy (non-hydrogen) atoms. The Balaban J connectivity index is 3.58. The first-order valence-corrected chi connectivity index (χ1v) is 4.75. The Hall–Kier alpha value is -0.460. The maximum Gasteiger partial charge on any atom is 0.0201 e. The van der Waals surface area contributed by atoms with Crippen LogP contribution in [0.5, 0.6) is 0 Å². The van der Waals surface area contributed by atoms with E-state index in [9.17, 15) is 0 Å². The molecule has 0 radical (unpaired) electrons. The van der Waals surface area contributed by atoms with Crippen LogP contribution in [0.4, 0.5) is 0 Å². The number of allylic oxidation sites excluding steroid dienone is 1. The Kier molecular flexibility index (Phi) is 4.36. The zero-order valence-corrected chi connectivity index (χ0v) is 9.20. The monoisotopic (exact) mass is 169 g/mol. The third-order valence-electron chi connectivity index (χ3n) is 1.67. The molecule has 0 heterocycles. The maximum absolute atomic E-state index is 3.99. The van der Waals surface area contributed by atoms with E-state index in [-0.39, 0.29) is 0 Å². The van der Waals surface area contributed by atoms with Gasteiger partial charge in [0.05, 0.1) is 0 Å². The quantitative estimate of drug-likeness (QED) is 0.680. The molecular weight excluding hydrogens is 146 g/mol. The summed E-state index contributed by atoms with van der Waals surface area (Å²) >= 11 is 0. The summed E-state index contributed by atoms with van der Waals surface area (Å²) in [6.45, 7) is 15.0. The van der Waals surface area contributed by atoms with Crippen LogP contribution in [0.1, 0.15) is 47.5 Å². The van der Waals surface area contributed by atoms with E-state index in [0.717, 1.165) is 6.42 Å². The van der Waals surface area contributed by atoms with Crippen LogP contribution in [0.2, 0.25) is 0 Å². The highest BCUT2D eigenvalue weighted by Crippen LogP contribution is 2.22. The summed E-state index contributed by atoms with van der Waals surface area (Å²) in [7, 11) is 0. The van der Waals surface area contributed by atoms with E-state index in [1.807, 2.05) is 0 Å². The second-order valence-corrected chi connectivity index (χ2v) is 4.96. The summed E-state index contributed by atoms with van der Waals surface area (Å²) in [5, 5.41) is 3.32. The predicted molar refractivity (Wildman–Crippen MR) is 56.1 cm³/mol. The third-order valence-corrected chi connectivity index (χ3v) is 1.67. The fourth-order valence-corrected chi connectivity index (χ4v) is 1.01. The summed E-state index contributed by atoms with van der Waals surface area (Å²) in [6.07, 6.45) is 2.28. The van der Waals surface area contributed by atoms with E-state index in [0.29, 0.717) is 11.5 Å². The van der Waals surface area contributed by atoms with Gasteiger partial charge in [-0.2, -0.15) is 0 Å². The van der Waals surface area contributed by atoms with Gasteiger partial charge in [-0.1, -0.05) is 27.4 Å². The Morgan fingerprint density at radius 1 is 1.33 bits per heavy atom. The Bertz CT molecular complexity index is 140. The molecule has 72 valence electrons. The van der Waals surface area contributed by atoms with Gasteiger partial charge in [-0.15, -0.1) is 0 Å². The topological polar surface area (TPSA) is 12.0 Å². The van der Waals surface area contributed by atoms with Crippen molar-refractivity contribution in [2.45, 2.75) is 53.5 Å². The molecule has 0 aliphatic rings. The van der Waals surface area contributed by atoms with Crippen molar-refractivity contribution in [3.63, 3.8) is 0 Å². The molecule has 1 nitrogen and oxygen atoms in total. The van der Waals surface area contributed by atoms with Gasteiger partial charge >= 0.3 is 0 Å². The first kappa shape index (κ1) is 11.5. The minimum Gasteiger partial charge on any atom is -0.387 e. The standard InChI is InChI=1S/C11H23N/c1-9(2)12-10(3)7-8-11(4,5)6/h9,12H,3,7-8H2,1-2,4-6H3. The van der Waals surface area contributed by atoms with Crippen LogP contribution in [0, 0.1) is 5.41 Å². The van der Waals surface area contributed by atoms with Gasteiger partial charge in [0.1, 0.15) is 0 Å². The summed E-state index contributed by atoms with van der Waals surface area (Å²) in [6, 6.07) is 0.512. The normalized spacial score (nSPS) is 11.8.